The van der Waals surface area contributed by atoms with Gasteiger partial charge in [-0.2, -0.15) is 0 Å². The topological polar surface area (TPSA) is 68.4 Å². The van der Waals surface area contributed by atoms with Crippen molar-refractivity contribution >= 4 is 11.3 Å². The van der Waals surface area contributed by atoms with Gasteiger partial charge in [0, 0.05) is 6.20 Å². The highest BCUT2D eigenvalue weighted by molar-refractivity contribution is 7.13. The van der Waals surface area contributed by atoms with Crippen LogP contribution in [0.4, 0.5) is 0 Å². The van der Waals surface area contributed by atoms with Gasteiger partial charge in [0.15, 0.2) is 0 Å². The summed E-state index contributed by atoms with van der Waals surface area (Å²) in [6, 6.07) is 0. The van der Waals surface area contributed by atoms with Crippen LogP contribution in [0, 0.1) is 0 Å². The van der Waals surface area contributed by atoms with Crippen LogP contribution < -0.4 is 10.5 Å². The molecule has 1 aromatic heterocycles. The summed E-state index contributed by atoms with van der Waals surface area (Å²) in [4.78, 5) is 4.78. The smallest absolute Gasteiger partial charge is 0.273 e. The Balaban J connectivity index is 2.88. The Morgan fingerprint density at radius 3 is 2.92 bits per heavy atom. The van der Waals surface area contributed by atoms with Gasteiger partial charge in [-0.25, -0.2) is 4.98 Å². The van der Waals surface area contributed by atoms with E-state index in [1.54, 1.807) is 20.2 Å². The Hall–Kier alpha value is -0.650. The molecule has 0 spiro atoms. The first-order valence-corrected chi connectivity index (χ1v) is 4.32. The van der Waals surface area contributed by atoms with Gasteiger partial charge in [-0.3, -0.25) is 0 Å². The molecule has 1 aromatic rings. The Morgan fingerprint density at radius 1 is 1.83 bits per heavy atom. The molecule has 0 amide bonds. The molecule has 0 aliphatic carbocycles. The van der Waals surface area contributed by atoms with Crippen LogP contribution >= 0.6 is 11.3 Å². The minimum Gasteiger partial charge on any atom is -0.473 e. The van der Waals surface area contributed by atoms with E-state index in [4.69, 9.17) is 15.6 Å². The molecule has 0 radical (unpaired) electrons. The average molecular weight is 188 g/mol. The van der Waals surface area contributed by atoms with Gasteiger partial charge in [-0.15, -0.1) is 0 Å². The zero-order chi connectivity index (χ0) is 9.19. The van der Waals surface area contributed by atoms with E-state index in [2.05, 4.69) is 4.98 Å². The molecule has 12 heavy (non-hydrogen) atoms. The van der Waals surface area contributed by atoms with Crippen molar-refractivity contribution in [2.45, 2.75) is 12.5 Å². The van der Waals surface area contributed by atoms with Crippen molar-refractivity contribution in [3.63, 3.8) is 0 Å². The minimum atomic E-state index is -0.714. The largest absolute Gasteiger partial charge is 0.473 e. The van der Waals surface area contributed by atoms with Crippen LogP contribution in [0.2, 0.25) is 0 Å². The van der Waals surface area contributed by atoms with Crippen LogP contribution in [0.1, 0.15) is 11.8 Å². The average Bonchev–Trinajstić information content (AvgIpc) is 2.52. The molecular formula is C7H12N2O2S. The molecule has 0 bridgehead atoms. The van der Waals surface area contributed by atoms with E-state index in [1.165, 1.54) is 11.3 Å². The summed E-state index contributed by atoms with van der Waals surface area (Å²) in [7, 11) is 1.55. The van der Waals surface area contributed by atoms with Crippen molar-refractivity contribution in [2.75, 3.05) is 13.7 Å². The lowest BCUT2D eigenvalue weighted by molar-refractivity contribution is 0.212. The predicted octanol–water partition coefficient (Wildman–Crippen LogP) is 0.318. The summed E-state index contributed by atoms with van der Waals surface area (Å²) in [5.41, 5.74) is 5.06. The number of thiazole rings is 1. The van der Waals surface area contributed by atoms with Crippen molar-refractivity contribution in [2.24, 2.45) is 5.73 Å². The number of aliphatic hydroxyl groups is 1. The summed E-state index contributed by atoms with van der Waals surface area (Å²) >= 11 is 1.35. The molecule has 0 fully saturated rings. The Morgan fingerprint density at radius 2 is 2.50 bits per heavy atom. The number of ether oxygens (including phenoxy) is 1. The summed E-state index contributed by atoms with van der Waals surface area (Å²) in [5.74, 6) is 0. The molecule has 68 valence electrons. The van der Waals surface area contributed by atoms with Crippen LogP contribution in [0.15, 0.2) is 6.20 Å². The molecule has 1 unspecified atom stereocenters. The first-order chi connectivity index (χ1) is 5.60. The number of rotatable bonds is 3. The normalized spacial score (nSPS) is 15.7. The lowest BCUT2D eigenvalue weighted by Gasteiger charge is -2.18. The third kappa shape index (κ3) is 1.74. The van der Waals surface area contributed by atoms with E-state index in [-0.39, 0.29) is 6.61 Å². The van der Waals surface area contributed by atoms with Gasteiger partial charge in [-0.1, -0.05) is 11.3 Å². The van der Waals surface area contributed by atoms with Crippen molar-refractivity contribution in [1.82, 2.24) is 4.98 Å². The van der Waals surface area contributed by atoms with Crippen LogP contribution in [0.5, 0.6) is 5.19 Å². The number of aliphatic hydroxyl groups excluding tert-OH is 1. The molecule has 0 aliphatic rings. The number of nitrogens with zero attached hydrogens (tertiary/aromatic N) is 1. The lowest BCUT2D eigenvalue weighted by Crippen LogP contribution is -2.35. The van der Waals surface area contributed by atoms with Crippen LogP contribution in [0.25, 0.3) is 0 Å². The molecular weight excluding hydrogens is 176 g/mol. The maximum absolute atomic E-state index is 8.94. The van der Waals surface area contributed by atoms with Crippen molar-refractivity contribution in [1.29, 1.82) is 0 Å². The third-order valence-electron chi connectivity index (χ3n) is 1.55. The van der Waals surface area contributed by atoms with Crippen molar-refractivity contribution in [3.8, 4) is 5.19 Å². The number of methoxy groups -OCH3 is 1. The molecule has 1 rings (SSSR count). The maximum Gasteiger partial charge on any atom is 0.273 e. The Labute approximate surface area is 75.0 Å². The van der Waals surface area contributed by atoms with Gasteiger partial charge in [0.2, 0.25) is 0 Å². The zero-order valence-electron chi connectivity index (χ0n) is 7.07. The number of aromatic nitrogens is 1. The Bertz CT molecular complexity index is 260. The summed E-state index contributed by atoms with van der Waals surface area (Å²) < 4.78 is 4.90. The van der Waals surface area contributed by atoms with Gasteiger partial charge in [0.25, 0.3) is 5.19 Å². The van der Waals surface area contributed by atoms with E-state index < -0.39 is 5.54 Å². The molecule has 5 heteroatoms. The number of hydrogen-bond donors (Lipinski definition) is 2. The highest BCUT2D eigenvalue weighted by Gasteiger charge is 2.22. The van der Waals surface area contributed by atoms with Gasteiger partial charge in [0.05, 0.1) is 24.1 Å². The van der Waals surface area contributed by atoms with E-state index in [1.807, 2.05) is 0 Å². The minimum absolute atomic E-state index is 0.0989. The number of nitrogens with two attached hydrogens (primary N) is 1. The standard InChI is InChI=1S/C7H12N2O2S/c1-7(8,4-10)5-3-9-6(11-2)12-5/h3,10H,4,8H2,1-2H3. The molecule has 4 nitrogen and oxygen atoms in total. The highest BCUT2D eigenvalue weighted by atomic mass is 32.1. The summed E-state index contributed by atoms with van der Waals surface area (Å²) in [5, 5.41) is 9.51. The molecule has 1 atom stereocenters. The van der Waals surface area contributed by atoms with Crippen LogP contribution in [-0.4, -0.2) is 23.8 Å². The third-order valence-corrected chi connectivity index (χ3v) is 2.79. The molecule has 3 N–H and O–H groups in total. The second-order valence-corrected chi connectivity index (χ2v) is 3.76. The Kier molecular flexibility index (Phi) is 2.66. The summed E-state index contributed by atoms with van der Waals surface area (Å²) in [6.45, 7) is 1.65. The van der Waals surface area contributed by atoms with Gasteiger partial charge in [-0.05, 0) is 6.92 Å². The maximum atomic E-state index is 8.94. The van der Waals surface area contributed by atoms with E-state index in [9.17, 15) is 0 Å². The van der Waals surface area contributed by atoms with Crippen LogP contribution in [-0.2, 0) is 5.54 Å². The van der Waals surface area contributed by atoms with E-state index >= 15 is 0 Å². The predicted molar refractivity (Wildman–Crippen MR) is 47.3 cm³/mol. The first kappa shape index (κ1) is 9.44. The fourth-order valence-electron chi connectivity index (χ4n) is 0.694. The fraction of sp³-hybridized carbons (Fsp3) is 0.571. The molecule has 1 heterocycles. The fourth-order valence-corrected chi connectivity index (χ4v) is 1.47. The summed E-state index contributed by atoms with van der Waals surface area (Å²) in [6.07, 6.45) is 1.62. The van der Waals surface area contributed by atoms with Crippen molar-refractivity contribution in [3.05, 3.63) is 11.1 Å². The van der Waals surface area contributed by atoms with E-state index in [0.717, 1.165) is 4.88 Å². The first-order valence-electron chi connectivity index (χ1n) is 3.50. The number of hydrogen-bond acceptors (Lipinski definition) is 5. The second kappa shape index (κ2) is 3.38. The highest BCUT2D eigenvalue weighted by Crippen LogP contribution is 2.27. The monoisotopic (exact) mass is 188 g/mol. The van der Waals surface area contributed by atoms with Crippen LogP contribution in [0.3, 0.4) is 0 Å². The second-order valence-electron chi connectivity index (χ2n) is 2.77. The van der Waals surface area contributed by atoms with Gasteiger partial charge < -0.3 is 15.6 Å². The lowest BCUT2D eigenvalue weighted by atomic mass is 10.1. The molecule has 0 saturated carbocycles. The molecule has 0 saturated heterocycles. The molecule has 0 aliphatic heterocycles. The van der Waals surface area contributed by atoms with Crippen molar-refractivity contribution < 1.29 is 9.84 Å². The SMILES string of the molecule is COc1ncc(C(C)(N)CO)s1. The quantitative estimate of drug-likeness (QED) is 0.716. The zero-order valence-corrected chi connectivity index (χ0v) is 7.89. The van der Waals surface area contributed by atoms with Gasteiger partial charge >= 0.3 is 0 Å². The molecule has 0 aromatic carbocycles. The van der Waals surface area contributed by atoms with Gasteiger partial charge in [0.1, 0.15) is 0 Å². The van der Waals surface area contributed by atoms with E-state index in [0.29, 0.717) is 5.19 Å².